The van der Waals surface area contributed by atoms with Crippen LogP contribution in [0.4, 0.5) is 0 Å². The summed E-state index contributed by atoms with van der Waals surface area (Å²) in [5.41, 5.74) is 1.19. The fourth-order valence-electron chi connectivity index (χ4n) is 5.42. The van der Waals surface area contributed by atoms with Gasteiger partial charge in [0.25, 0.3) is 0 Å². The van der Waals surface area contributed by atoms with Crippen LogP contribution in [0.3, 0.4) is 0 Å². The number of rotatable bonds is 5. The van der Waals surface area contributed by atoms with Crippen molar-refractivity contribution in [1.82, 2.24) is 0 Å². The molecule has 1 saturated heterocycles. The van der Waals surface area contributed by atoms with E-state index in [-0.39, 0.29) is 21.0 Å². The molecule has 1 aromatic rings. The molecule has 1 N–H and O–H groups in total. The predicted octanol–water partition coefficient (Wildman–Crippen LogP) is 5.16. The maximum absolute atomic E-state index is 13.1. The molecular formula is C22H30O2S3. The zero-order valence-corrected chi connectivity index (χ0v) is 18.7. The molecule has 2 bridgehead atoms. The van der Waals surface area contributed by atoms with Gasteiger partial charge in [0.1, 0.15) is 4.08 Å². The van der Waals surface area contributed by atoms with Crippen LogP contribution >= 0.6 is 23.5 Å². The predicted molar refractivity (Wildman–Crippen MR) is 119 cm³/mol. The zero-order chi connectivity index (χ0) is 19.1. The van der Waals surface area contributed by atoms with E-state index in [1.165, 1.54) is 18.4 Å². The largest absolute Gasteiger partial charge is 0.392 e. The smallest absolute Gasteiger partial charge is 0.105 e. The number of fused-ring (bicyclic) bond motifs is 2. The van der Waals surface area contributed by atoms with Gasteiger partial charge in [0, 0.05) is 27.4 Å². The normalized spacial score (nSPS) is 35.5. The van der Waals surface area contributed by atoms with Gasteiger partial charge in [-0.15, -0.1) is 23.5 Å². The molecule has 4 atom stereocenters. The van der Waals surface area contributed by atoms with E-state index in [1.54, 1.807) is 0 Å². The van der Waals surface area contributed by atoms with E-state index in [0.717, 1.165) is 24.3 Å². The minimum Gasteiger partial charge on any atom is -0.392 e. The molecule has 5 heteroatoms. The molecule has 0 radical (unpaired) electrons. The Morgan fingerprint density at radius 3 is 2.52 bits per heavy atom. The highest BCUT2D eigenvalue weighted by molar-refractivity contribution is 8.18. The monoisotopic (exact) mass is 422 g/mol. The molecule has 3 fully saturated rings. The first-order valence-electron chi connectivity index (χ1n) is 9.98. The molecule has 0 aromatic heterocycles. The van der Waals surface area contributed by atoms with E-state index < -0.39 is 10.8 Å². The molecule has 2 aliphatic carbocycles. The van der Waals surface area contributed by atoms with Crippen molar-refractivity contribution < 1.29 is 9.32 Å². The van der Waals surface area contributed by atoms with Crippen LogP contribution in [-0.4, -0.2) is 32.7 Å². The van der Waals surface area contributed by atoms with Crippen molar-refractivity contribution in [3.63, 3.8) is 0 Å². The molecule has 1 aliphatic heterocycles. The number of hydrogen-bond donors (Lipinski definition) is 1. The lowest BCUT2D eigenvalue weighted by molar-refractivity contribution is 0.0162. The Morgan fingerprint density at radius 2 is 1.93 bits per heavy atom. The van der Waals surface area contributed by atoms with Crippen LogP contribution in [0.2, 0.25) is 0 Å². The van der Waals surface area contributed by atoms with Gasteiger partial charge in [-0.1, -0.05) is 44.2 Å². The molecule has 1 heterocycles. The van der Waals surface area contributed by atoms with Crippen molar-refractivity contribution in [2.24, 2.45) is 16.7 Å². The second-order valence-corrected chi connectivity index (χ2v) is 13.0. The highest BCUT2D eigenvalue weighted by Gasteiger charge is 2.63. The van der Waals surface area contributed by atoms with Crippen molar-refractivity contribution in [2.45, 2.75) is 49.7 Å². The Balaban J connectivity index is 1.55. The summed E-state index contributed by atoms with van der Waals surface area (Å²) < 4.78 is 13.0. The number of aliphatic hydroxyl groups is 1. The highest BCUT2D eigenvalue weighted by Crippen LogP contribution is 2.66. The first-order valence-corrected chi connectivity index (χ1v) is 13.3. The summed E-state index contributed by atoms with van der Waals surface area (Å²) in [4.78, 5) is 0. The van der Waals surface area contributed by atoms with Gasteiger partial charge < -0.3 is 5.11 Å². The summed E-state index contributed by atoms with van der Waals surface area (Å²) in [6, 6.07) is 10.6. The van der Waals surface area contributed by atoms with E-state index in [4.69, 9.17) is 0 Å². The van der Waals surface area contributed by atoms with Crippen molar-refractivity contribution in [1.29, 1.82) is 0 Å². The van der Waals surface area contributed by atoms with Gasteiger partial charge >= 0.3 is 0 Å². The summed E-state index contributed by atoms with van der Waals surface area (Å²) in [6.45, 7) is 4.56. The zero-order valence-electron chi connectivity index (χ0n) is 16.2. The number of benzene rings is 1. The van der Waals surface area contributed by atoms with Gasteiger partial charge in [-0.05, 0) is 60.2 Å². The molecule has 4 rings (SSSR count). The Kier molecular flexibility index (Phi) is 5.61. The van der Waals surface area contributed by atoms with Gasteiger partial charge in [-0.2, -0.15) is 0 Å². The molecule has 27 heavy (non-hydrogen) atoms. The fourth-order valence-corrected chi connectivity index (χ4v) is 10.4. The Morgan fingerprint density at radius 1 is 1.22 bits per heavy atom. The van der Waals surface area contributed by atoms with E-state index >= 15 is 0 Å². The van der Waals surface area contributed by atoms with E-state index in [0.29, 0.717) is 11.7 Å². The topological polar surface area (TPSA) is 37.3 Å². The lowest BCUT2D eigenvalue weighted by atomic mass is 9.70. The molecule has 2 nitrogen and oxygen atoms in total. The van der Waals surface area contributed by atoms with Crippen molar-refractivity contribution >= 4 is 34.3 Å². The SMILES string of the molecule is CC1(C)[C@@H]2CC[C@@]1(C[S@@](=O)/C=C/C1(c3ccccc3)SCCCS1)[C@H](O)C2. The molecule has 0 amide bonds. The summed E-state index contributed by atoms with van der Waals surface area (Å²) in [7, 11) is -1.06. The maximum atomic E-state index is 13.1. The third kappa shape index (κ3) is 3.37. The Labute approximate surface area is 174 Å². The molecule has 2 saturated carbocycles. The average Bonchev–Trinajstić information content (AvgIpc) is 3.02. The fraction of sp³-hybridized carbons (Fsp3) is 0.636. The van der Waals surface area contributed by atoms with Gasteiger partial charge in [0.15, 0.2) is 0 Å². The van der Waals surface area contributed by atoms with Crippen molar-refractivity contribution in [3.8, 4) is 0 Å². The molecule has 3 aliphatic rings. The van der Waals surface area contributed by atoms with Gasteiger partial charge in [0.2, 0.25) is 0 Å². The second kappa shape index (κ2) is 7.55. The minimum atomic E-state index is -1.06. The molecule has 1 aromatic carbocycles. The summed E-state index contributed by atoms with van der Waals surface area (Å²) >= 11 is 3.91. The summed E-state index contributed by atoms with van der Waals surface area (Å²) in [5, 5.41) is 12.7. The lowest BCUT2D eigenvalue weighted by Crippen LogP contribution is -2.43. The standard InChI is InChI=1S/C22H30O2S3/c1-20(2)18-9-10-21(20,19(23)15-18)16-27(24)14-11-22(25-12-6-13-26-22)17-7-4-3-5-8-17/h3-5,7-8,11,14,18-19,23H,6,9-10,12-13,15-16H2,1-2H3/b14-11+/t18-,19-,21-,27+/m1/s1. The number of hydrogen-bond acceptors (Lipinski definition) is 4. The third-order valence-corrected chi connectivity index (χ3v) is 11.9. The summed E-state index contributed by atoms with van der Waals surface area (Å²) in [5.74, 6) is 3.44. The van der Waals surface area contributed by atoms with Crippen molar-refractivity contribution in [2.75, 3.05) is 17.3 Å². The number of thioether (sulfide) groups is 2. The van der Waals surface area contributed by atoms with Crippen LogP contribution < -0.4 is 0 Å². The molecule has 148 valence electrons. The minimum absolute atomic E-state index is 0.0847. The van der Waals surface area contributed by atoms with E-state index in [9.17, 15) is 9.32 Å². The highest BCUT2D eigenvalue weighted by atomic mass is 32.2. The molecule has 0 unspecified atom stereocenters. The van der Waals surface area contributed by atoms with E-state index in [2.05, 4.69) is 50.3 Å². The van der Waals surface area contributed by atoms with Crippen LogP contribution in [-0.2, 0) is 14.9 Å². The van der Waals surface area contributed by atoms with Crippen LogP contribution in [0.25, 0.3) is 0 Å². The Bertz CT molecular complexity index is 724. The Hall–Kier alpha value is -0.230. The van der Waals surface area contributed by atoms with Gasteiger partial charge in [0.05, 0.1) is 6.10 Å². The van der Waals surface area contributed by atoms with Crippen LogP contribution in [0.5, 0.6) is 0 Å². The van der Waals surface area contributed by atoms with Crippen LogP contribution in [0.1, 0.15) is 45.1 Å². The lowest BCUT2D eigenvalue weighted by Gasteiger charge is -2.40. The number of aliphatic hydroxyl groups excluding tert-OH is 1. The quantitative estimate of drug-likeness (QED) is 0.711. The first-order chi connectivity index (χ1) is 12.9. The second-order valence-electron chi connectivity index (χ2n) is 8.78. The third-order valence-electron chi connectivity index (χ3n) is 7.33. The first kappa shape index (κ1) is 20.1. The van der Waals surface area contributed by atoms with E-state index in [1.807, 2.05) is 28.9 Å². The average molecular weight is 423 g/mol. The molecule has 0 spiro atoms. The van der Waals surface area contributed by atoms with Gasteiger partial charge in [-0.25, -0.2) is 0 Å². The van der Waals surface area contributed by atoms with Gasteiger partial charge in [-0.3, -0.25) is 4.21 Å². The van der Waals surface area contributed by atoms with Crippen LogP contribution in [0, 0.1) is 16.7 Å². The maximum Gasteiger partial charge on any atom is 0.105 e. The molecular weight excluding hydrogens is 392 g/mol. The summed E-state index contributed by atoms with van der Waals surface area (Å²) in [6.07, 6.45) is 6.18. The van der Waals surface area contributed by atoms with Crippen LogP contribution in [0.15, 0.2) is 41.8 Å². The van der Waals surface area contributed by atoms with Crippen molar-refractivity contribution in [3.05, 3.63) is 47.4 Å².